The molecule has 1 aromatic rings. The van der Waals surface area contributed by atoms with Crippen molar-refractivity contribution in [2.45, 2.75) is 12.8 Å². The van der Waals surface area contributed by atoms with Crippen LogP contribution < -0.4 is 14.6 Å². The van der Waals surface area contributed by atoms with Gasteiger partial charge in [-0.2, -0.15) is 8.42 Å². The van der Waals surface area contributed by atoms with Crippen LogP contribution in [0, 0.1) is 5.92 Å². The lowest BCUT2D eigenvalue weighted by Gasteiger charge is -2.32. The molecule has 0 amide bonds. The van der Waals surface area contributed by atoms with Gasteiger partial charge in [0.25, 0.3) is 10.2 Å². The SMILES string of the molecule is NS(=O)(=O)NC[C@@H]1CCCN(CCOc2ccccc2)C1. The molecule has 6 nitrogen and oxygen atoms in total. The molecule has 0 radical (unpaired) electrons. The maximum Gasteiger partial charge on any atom is 0.274 e. The Kier molecular flexibility index (Phi) is 5.98. The van der Waals surface area contributed by atoms with Gasteiger partial charge in [-0.1, -0.05) is 18.2 Å². The van der Waals surface area contributed by atoms with E-state index in [-0.39, 0.29) is 0 Å². The van der Waals surface area contributed by atoms with Gasteiger partial charge in [0.05, 0.1) is 0 Å². The van der Waals surface area contributed by atoms with E-state index < -0.39 is 10.2 Å². The van der Waals surface area contributed by atoms with E-state index in [1.807, 2.05) is 30.3 Å². The first-order chi connectivity index (χ1) is 10.0. The van der Waals surface area contributed by atoms with Crippen molar-refractivity contribution in [1.82, 2.24) is 9.62 Å². The van der Waals surface area contributed by atoms with E-state index in [0.29, 0.717) is 19.1 Å². The fraction of sp³-hybridized carbons (Fsp3) is 0.571. The molecule has 1 aromatic carbocycles. The predicted molar refractivity (Wildman–Crippen MR) is 82.2 cm³/mol. The van der Waals surface area contributed by atoms with Crippen LogP contribution in [0.15, 0.2) is 30.3 Å². The molecule has 1 aliphatic heterocycles. The van der Waals surface area contributed by atoms with Gasteiger partial charge in [0.2, 0.25) is 0 Å². The molecule has 1 heterocycles. The third-order valence-electron chi connectivity index (χ3n) is 3.60. The van der Waals surface area contributed by atoms with Crippen molar-refractivity contribution in [2.24, 2.45) is 11.1 Å². The Morgan fingerprint density at radius 1 is 1.33 bits per heavy atom. The van der Waals surface area contributed by atoms with Crippen molar-refractivity contribution in [3.8, 4) is 5.75 Å². The molecule has 1 aliphatic rings. The van der Waals surface area contributed by atoms with Gasteiger partial charge < -0.3 is 4.74 Å². The van der Waals surface area contributed by atoms with Crippen LogP contribution in [-0.4, -0.2) is 46.1 Å². The second-order valence-corrected chi connectivity index (χ2v) is 6.74. The van der Waals surface area contributed by atoms with Gasteiger partial charge in [-0.15, -0.1) is 0 Å². The van der Waals surface area contributed by atoms with E-state index in [1.165, 1.54) is 0 Å². The zero-order valence-corrected chi connectivity index (χ0v) is 12.9. The van der Waals surface area contributed by atoms with Crippen molar-refractivity contribution in [1.29, 1.82) is 0 Å². The number of hydrogen-bond acceptors (Lipinski definition) is 4. The fourth-order valence-electron chi connectivity index (χ4n) is 2.56. The normalized spacial score (nSPS) is 20.3. The van der Waals surface area contributed by atoms with Crippen LogP contribution in [-0.2, 0) is 10.2 Å². The van der Waals surface area contributed by atoms with Gasteiger partial charge >= 0.3 is 0 Å². The zero-order valence-electron chi connectivity index (χ0n) is 12.1. The molecule has 7 heteroatoms. The maximum absolute atomic E-state index is 10.9. The summed E-state index contributed by atoms with van der Waals surface area (Å²) in [5, 5.41) is 4.96. The van der Waals surface area contributed by atoms with Crippen LogP contribution in [0.25, 0.3) is 0 Å². The van der Waals surface area contributed by atoms with Crippen molar-refractivity contribution in [2.75, 3.05) is 32.8 Å². The lowest BCUT2D eigenvalue weighted by molar-refractivity contribution is 0.148. The quantitative estimate of drug-likeness (QED) is 0.771. The average molecular weight is 313 g/mol. The number of piperidine rings is 1. The molecule has 2 rings (SSSR count). The Morgan fingerprint density at radius 2 is 2.10 bits per heavy atom. The van der Waals surface area contributed by atoms with E-state index in [2.05, 4.69) is 9.62 Å². The molecular weight excluding hydrogens is 290 g/mol. The number of para-hydroxylation sites is 1. The Hall–Kier alpha value is -1.15. The van der Waals surface area contributed by atoms with Gasteiger partial charge in [-0.05, 0) is 37.4 Å². The average Bonchev–Trinajstić information content (AvgIpc) is 2.46. The number of rotatable bonds is 7. The summed E-state index contributed by atoms with van der Waals surface area (Å²) >= 11 is 0. The van der Waals surface area contributed by atoms with Gasteiger partial charge in [0.15, 0.2) is 0 Å². The van der Waals surface area contributed by atoms with E-state index in [0.717, 1.165) is 38.2 Å². The van der Waals surface area contributed by atoms with Gasteiger partial charge in [-0.25, -0.2) is 9.86 Å². The number of nitrogens with zero attached hydrogens (tertiary/aromatic N) is 1. The van der Waals surface area contributed by atoms with Crippen LogP contribution in [0.2, 0.25) is 0 Å². The highest BCUT2D eigenvalue weighted by Crippen LogP contribution is 2.16. The molecule has 0 aromatic heterocycles. The number of ether oxygens (including phenoxy) is 1. The molecule has 21 heavy (non-hydrogen) atoms. The van der Waals surface area contributed by atoms with Crippen molar-refractivity contribution in [3.05, 3.63) is 30.3 Å². The summed E-state index contributed by atoms with van der Waals surface area (Å²) in [6.07, 6.45) is 2.10. The highest BCUT2D eigenvalue weighted by Gasteiger charge is 2.20. The van der Waals surface area contributed by atoms with Crippen LogP contribution in [0.4, 0.5) is 0 Å². The van der Waals surface area contributed by atoms with Crippen molar-refractivity contribution < 1.29 is 13.2 Å². The third-order valence-corrected chi connectivity index (χ3v) is 4.16. The van der Waals surface area contributed by atoms with Gasteiger partial charge in [0, 0.05) is 19.6 Å². The minimum atomic E-state index is -3.59. The van der Waals surface area contributed by atoms with Crippen LogP contribution in [0.1, 0.15) is 12.8 Å². The Labute approximate surface area is 126 Å². The molecule has 0 bridgehead atoms. The molecule has 1 fully saturated rings. The fourth-order valence-corrected chi connectivity index (χ4v) is 3.03. The molecule has 1 saturated heterocycles. The first kappa shape index (κ1) is 16.2. The molecule has 118 valence electrons. The summed E-state index contributed by atoms with van der Waals surface area (Å²) in [6, 6.07) is 9.74. The molecule has 0 spiro atoms. The van der Waals surface area contributed by atoms with E-state index >= 15 is 0 Å². The minimum absolute atomic E-state index is 0.314. The number of nitrogens with one attached hydrogen (secondary N) is 1. The Balaban J connectivity index is 1.69. The van der Waals surface area contributed by atoms with Gasteiger partial charge in [-0.3, -0.25) is 4.90 Å². The number of nitrogens with two attached hydrogens (primary N) is 1. The standard InChI is InChI=1S/C14H23N3O3S/c15-21(18,19)16-11-13-5-4-8-17(12-13)9-10-20-14-6-2-1-3-7-14/h1-3,6-7,13,16H,4-5,8-12H2,(H2,15,18,19)/t13-/m0/s1. The van der Waals surface area contributed by atoms with Gasteiger partial charge in [0.1, 0.15) is 12.4 Å². The highest BCUT2D eigenvalue weighted by atomic mass is 32.2. The van der Waals surface area contributed by atoms with Crippen molar-refractivity contribution in [3.63, 3.8) is 0 Å². The summed E-state index contributed by atoms with van der Waals surface area (Å²) in [5.41, 5.74) is 0. The topological polar surface area (TPSA) is 84.7 Å². The summed E-state index contributed by atoms with van der Waals surface area (Å²) in [5.74, 6) is 1.19. The van der Waals surface area contributed by atoms with Crippen LogP contribution >= 0.6 is 0 Å². The van der Waals surface area contributed by atoms with Crippen LogP contribution in [0.3, 0.4) is 0 Å². The maximum atomic E-state index is 10.9. The van der Waals surface area contributed by atoms with E-state index in [9.17, 15) is 8.42 Å². The Morgan fingerprint density at radius 3 is 2.81 bits per heavy atom. The van der Waals surface area contributed by atoms with E-state index in [1.54, 1.807) is 0 Å². The first-order valence-corrected chi connectivity index (χ1v) is 8.75. The van der Waals surface area contributed by atoms with Crippen molar-refractivity contribution >= 4 is 10.2 Å². The smallest absolute Gasteiger partial charge is 0.274 e. The number of hydrogen-bond donors (Lipinski definition) is 2. The monoisotopic (exact) mass is 313 g/mol. The summed E-state index contributed by atoms with van der Waals surface area (Å²) in [4.78, 5) is 2.31. The molecular formula is C14H23N3O3S. The second-order valence-electron chi connectivity index (χ2n) is 5.36. The first-order valence-electron chi connectivity index (χ1n) is 7.20. The lowest BCUT2D eigenvalue weighted by Crippen LogP contribution is -2.43. The predicted octanol–water partition coefficient (Wildman–Crippen LogP) is 0.571. The summed E-state index contributed by atoms with van der Waals surface area (Å²) in [6.45, 7) is 3.81. The highest BCUT2D eigenvalue weighted by molar-refractivity contribution is 7.87. The largest absolute Gasteiger partial charge is 0.492 e. The van der Waals surface area contributed by atoms with E-state index in [4.69, 9.17) is 9.88 Å². The third kappa shape index (κ3) is 6.43. The molecule has 0 saturated carbocycles. The second kappa shape index (κ2) is 7.74. The summed E-state index contributed by atoms with van der Waals surface area (Å²) < 4.78 is 29.9. The molecule has 1 atom stereocenters. The minimum Gasteiger partial charge on any atom is -0.492 e. The lowest BCUT2D eigenvalue weighted by atomic mass is 9.98. The molecule has 0 unspecified atom stereocenters. The zero-order chi connectivity index (χ0) is 15.1. The summed E-state index contributed by atoms with van der Waals surface area (Å²) in [7, 11) is -3.59. The molecule has 3 N–H and O–H groups in total. The molecule has 0 aliphatic carbocycles. The number of benzene rings is 1. The Bertz CT molecular complexity index is 522. The number of likely N-dealkylation sites (tertiary alicyclic amines) is 1. The van der Waals surface area contributed by atoms with Crippen LogP contribution in [0.5, 0.6) is 5.75 Å².